The van der Waals surface area contributed by atoms with Crippen molar-refractivity contribution in [2.24, 2.45) is 17.8 Å². The summed E-state index contributed by atoms with van der Waals surface area (Å²) >= 11 is 0. The van der Waals surface area contributed by atoms with E-state index in [0.717, 1.165) is 25.8 Å². The molecule has 8 atom stereocenters. The summed E-state index contributed by atoms with van der Waals surface area (Å²) in [5, 5.41) is 0. The van der Waals surface area contributed by atoms with Gasteiger partial charge < -0.3 is 28.5 Å². The quantitative estimate of drug-likeness (QED) is 0.161. The molecule has 4 rings (SSSR count). The lowest BCUT2D eigenvalue weighted by atomic mass is 9.80. The molecule has 0 N–H and O–H groups in total. The van der Waals surface area contributed by atoms with Gasteiger partial charge in [-0.1, -0.05) is 81.4 Å². The lowest BCUT2D eigenvalue weighted by molar-refractivity contribution is -0.286. The van der Waals surface area contributed by atoms with Crippen LogP contribution >= 0.6 is 0 Å². The Balaban J connectivity index is 1.70. The molecule has 0 amide bonds. The van der Waals surface area contributed by atoms with Crippen molar-refractivity contribution in [1.29, 1.82) is 0 Å². The van der Waals surface area contributed by atoms with Crippen LogP contribution < -0.4 is 0 Å². The number of hydrogen-bond donors (Lipinski definition) is 0. The summed E-state index contributed by atoms with van der Waals surface area (Å²) in [5.41, 5.74) is 1.97. The average Bonchev–Trinajstić information content (AvgIpc) is 3.03. The molecule has 1 fully saturated rings. The summed E-state index contributed by atoms with van der Waals surface area (Å²) in [4.78, 5) is 27.3. The molecule has 8 nitrogen and oxygen atoms in total. The molecular weight excluding hydrogens is 582 g/mol. The number of ether oxygens (including phenoxy) is 5. The number of nitrogens with zero attached hydrogens (tertiary/aromatic N) is 1. The first-order chi connectivity index (χ1) is 21.8. The van der Waals surface area contributed by atoms with Crippen molar-refractivity contribution in [2.45, 2.75) is 117 Å². The molecule has 2 aromatic carbocycles. The molecule has 2 heterocycles. The Morgan fingerprint density at radius 1 is 1.00 bits per heavy atom. The highest BCUT2D eigenvalue weighted by molar-refractivity contribution is 5.89. The zero-order valence-electron chi connectivity index (χ0n) is 29.0. The predicted molar refractivity (Wildman–Crippen MR) is 177 cm³/mol. The van der Waals surface area contributed by atoms with Crippen LogP contribution in [-0.4, -0.2) is 60.2 Å². The number of benzene rings is 2. The van der Waals surface area contributed by atoms with E-state index in [1.54, 1.807) is 27.9 Å². The summed E-state index contributed by atoms with van der Waals surface area (Å²) in [6, 6.07) is 21.2. The van der Waals surface area contributed by atoms with Gasteiger partial charge in [0.25, 0.3) is 0 Å². The summed E-state index contributed by atoms with van der Waals surface area (Å²) < 4.78 is 31.6. The number of rotatable bonds is 14. The lowest BCUT2D eigenvalue weighted by Crippen LogP contribution is -2.56. The van der Waals surface area contributed by atoms with Gasteiger partial charge in [-0.05, 0) is 44.7 Å². The first kappa shape index (κ1) is 35.8. The highest BCUT2D eigenvalue weighted by Crippen LogP contribution is 2.41. The van der Waals surface area contributed by atoms with Crippen LogP contribution in [-0.2, 0) is 46.4 Å². The van der Waals surface area contributed by atoms with Crippen LogP contribution in [0.3, 0.4) is 0 Å². The van der Waals surface area contributed by atoms with Crippen molar-refractivity contribution >= 4 is 12.3 Å². The predicted octanol–water partition coefficient (Wildman–Crippen LogP) is 7.06. The van der Waals surface area contributed by atoms with Gasteiger partial charge in [-0.3, -0.25) is 4.90 Å². The largest absolute Gasteiger partial charge is 0.456 e. The maximum absolute atomic E-state index is 12.9. The smallest absolute Gasteiger partial charge is 0.340 e. The first-order valence-electron chi connectivity index (χ1n) is 16.5. The summed E-state index contributed by atoms with van der Waals surface area (Å²) in [5.74, 6) is -1.79. The molecule has 3 unspecified atom stereocenters. The number of aldehydes is 1. The van der Waals surface area contributed by atoms with Gasteiger partial charge in [0.05, 0.1) is 23.4 Å². The second-order valence-corrected chi connectivity index (χ2v) is 13.9. The molecule has 46 heavy (non-hydrogen) atoms. The van der Waals surface area contributed by atoms with Crippen LogP contribution in [0, 0.1) is 17.8 Å². The molecule has 0 saturated carbocycles. The average molecular weight is 636 g/mol. The Hall–Kier alpha value is -3.04. The fourth-order valence-electron chi connectivity index (χ4n) is 6.98. The third-order valence-corrected chi connectivity index (χ3v) is 9.45. The van der Waals surface area contributed by atoms with Gasteiger partial charge in [0, 0.05) is 57.8 Å². The van der Waals surface area contributed by atoms with Crippen LogP contribution in [0.4, 0.5) is 0 Å². The molecule has 2 aliphatic heterocycles. The normalized spacial score (nSPS) is 26.4. The Kier molecular flexibility index (Phi) is 11.9. The molecule has 252 valence electrons. The Morgan fingerprint density at radius 3 is 2.09 bits per heavy atom. The van der Waals surface area contributed by atoms with E-state index in [9.17, 15) is 9.59 Å². The number of methoxy groups -OCH3 is 1. The third kappa shape index (κ3) is 8.65. The number of carbonyl (C=O) groups excluding carboxylic acids is 2. The zero-order chi connectivity index (χ0) is 33.6. The van der Waals surface area contributed by atoms with E-state index in [2.05, 4.69) is 67.3 Å². The van der Waals surface area contributed by atoms with Gasteiger partial charge in [-0.15, -0.1) is 0 Å². The first-order valence-corrected chi connectivity index (χ1v) is 16.5. The van der Waals surface area contributed by atoms with Gasteiger partial charge in [0.2, 0.25) is 5.79 Å². The topological polar surface area (TPSA) is 83.5 Å². The summed E-state index contributed by atoms with van der Waals surface area (Å²) in [7, 11) is 1.64. The van der Waals surface area contributed by atoms with Crippen LogP contribution in [0.2, 0.25) is 0 Å². The van der Waals surface area contributed by atoms with Gasteiger partial charge in [-0.25, -0.2) is 4.79 Å². The highest BCUT2D eigenvalue weighted by Gasteiger charge is 2.49. The molecular formula is C38H53NO7. The van der Waals surface area contributed by atoms with E-state index in [1.807, 2.05) is 32.9 Å². The molecule has 0 bridgehead atoms. The van der Waals surface area contributed by atoms with Crippen molar-refractivity contribution < 1.29 is 33.3 Å². The van der Waals surface area contributed by atoms with Gasteiger partial charge in [-0.2, -0.15) is 0 Å². The molecule has 0 radical (unpaired) electrons. The van der Waals surface area contributed by atoms with Crippen LogP contribution in [0.1, 0.15) is 79.4 Å². The van der Waals surface area contributed by atoms with Gasteiger partial charge >= 0.3 is 5.97 Å². The fraction of sp³-hybridized carbons (Fsp3) is 0.579. The number of carbonyl (C=O) groups is 2. The minimum atomic E-state index is -1.13. The maximum Gasteiger partial charge on any atom is 0.340 e. The molecule has 0 spiro atoms. The minimum absolute atomic E-state index is 0.0216. The Labute approximate surface area is 275 Å². The summed E-state index contributed by atoms with van der Waals surface area (Å²) in [6.45, 7) is 16.8. The second kappa shape index (κ2) is 15.2. The number of cyclic esters (lactones) is 1. The van der Waals surface area contributed by atoms with Crippen molar-refractivity contribution in [3.05, 3.63) is 83.1 Å². The monoisotopic (exact) mass is 635 g/mol. The standard InChI is InChI=1S/C38H53NO7/c1-25(24-40)21-38(8,42-9)34(28(4)33-29(5)35(41)46-37(6,7)45-33)44-36-27(3)32(20-26(2)43-36)39(22-30-16-12-10-13-17-30)23-31-18-14-11-15-19-31/h10-19,24-28,32,34,36H,20-23H2,1-9H3/t25-,26?,27?,28+,32?,34-,36+,38-/m1/s1. The lowest BCUT2D eigenvalue weighted by Gasteiger charge is -2.49. The van der Waals surface area contributed by atoms with E-state index in [-0.39, 0.29) is 24.0 Å². The molecule has 2 aromatic rings. The number of esters is 1. The fourth-order valence-corrected chi connectivity index (χ4v) is 6.98. The minimum Gasteiger partial charge on any atom is -0.456 e. The van der Waals surface area contributed by atoms with Gasteiger partial charge in [0.1, 0.15) is 12.0 Å². The SMILES string of the molecule is CO[C@](C)(C[C@@H](C)C=O)[C@H](O[C@@H]1OC(C)CC(N(Cc2ccccc2)Cc2ccccc2)C1C)[C@@H](C)C1=C(C)C(=O)OC(C)(C)O1. The molecule has 2 aliphatic rings. The van der Waals surface area contributed by atoms with Gasteiger partial charge in [0.15, 0.2) is 6.29 Å². The molecule has 0 aliphatic carbocycles. The van der Waals surface area contributed by atoms with Crippen LogP contribution in [0.25, 0.3) is 0 Å². The van der Waals surface area contributed by atoms with Crippen molar-refractivity contribution in [3.63, 3.8) is 0 Å². The molecule has 8 heteroatoms. The van der Waals surface area contributed by atoms with Crippen molar-refractivity contribution in [2.75, 3.05) is 7.11 Å². The van der Waals surface area contributed by atoms with E-state index >= 15 is 0 Å². The third-order valence-electron chi connectivity index (χ3n) is 9.45. The van der Waals surface area contributed by atoms with Crippen molar-refractivity contribution in [1.82, 2.24) is 4.90 Å². The maximum atomic E-state index is 12.9. The van der Waals surface area contributed by atoms with E-state index < -0.39 is 35.7 Å². The molecule has 0 aromatic heterocycles. The number of hydrogen-bond acceptors (Lipinski definition) is 8. The Bertz CT molecular complexity index is 1290. The second-order valence-electron chi connectivity index (χ2n) is 13.9. The Morgan fingerprint density at radius 2 is 1.57 bits per heavy atom. The van der Waals surface area contributed by atoms with Crippen molar-refractivity contribution in [3.8, 4) is 0 Å². The van der Waals surface area contributed by atoms with E-state index in [0.29, 0.717) is 17.8 Å². The zero-order valence-corrected chi connectivity index (χ0v) is 29.0. The van der Waals surface area contributed by atoms with E-state index in [1.165, 1.54) is 11.1 Å². The van der Waals surface area contributed by atoms with E-state index in [4.69, 9.17) is 23.7 Å². The summed E-state index contributed by atoms with van der Waals surface area (Å²) in [6.07, 6.45) is 0.917. The highest BCUT2D eigenvalue weighted by atomic mass is 16.7. The van der Waals surface area contributed by atoms with Crippen LogP contribution in [0.15, 0.2) is 72.0 Å². The van der Waals surface area contributed by atoms with Crippen LogP contribution in [0.5, 0.6) is 0 Å². The molecule has 1 saturated heterocycles.